The van der Waals surface area contributed by atoms with E-state index in [1.165, 1.54) is 0 Å². The lowest BCUT2D eigenvalue weighted by atomic mass is 9.81. The lowest BCUT2D eigenvalue weighted by Crippen LogP contribution is -2.37. The highest BCUT2D eigenvalue weighted by Crippen LogP contribution is 2.37. The molecule has 1 saturated heterocycles. The van der Waals surface area contributed by atoms with Crippen LogP contribution in [0.5, 0.6) is 0 Å². The van der Waals surface area contributed by atoms with E-state index in [9.17, 15) is 33.7 Å². The maximum atomic E-state index is 13.7. The van der Waals surface area contributed by atoms with E-state index in [2.05, 4.69) is 5.32 Å². The Morgan fingerprint density at radius 1 is 1.21 bits per heavy atom. The fourth-order valence-electron chi connectivity index (χ4n) is 3.62. The molecule has 3 amide bonds. The van der Waals surface area contributed by atoms with Crippen LogP contribution in [0.1, 0.15) is 25.7 Å². The number of hydrogen-bond donors (Lipinski definition) is 1. The number of esters is 1. The summed E-state index contributed by atoms with van der Waals surface area (Å²) in [5.41, 5.74) is -0.861. The molecule has 1 aromatic carbocycles. The predicted molar refractivity (Wildman–Crippen MR) is 94.8 cm³/mol. The van der Waals surface area contributed by atoms with E-state index >= 15 is 0 Å². The van der Waals surface area contributed by atoms with E-state index in [-0.39, 0.29) is 0 Å². The number of rotatable bonds is 6. The summed E-state index contributed by atoms with van der Waals surface area (Å²) in [4.78, 5) is 59.2. The van der Waals surface area contributed by atoms with Crippen molar-refractivity contribution in [3.63, 3.8) is 0 Å². The topological polar surface area (TPSA) is 136 Å². The lowest BCUT2D eigenvalue weighted by Gasteiger charge is -2.19. The molecule has 29 heavy (non-hydrogen) atoms. The number of carbonyl (C=O) groups excluding carboxylic acids is 4. The summed E-state index contributed by atoms with van der Waals surface area (Å²) in [6.45, 7) is -1.40. The molecule has 10 nitrogen and oxygen atoms in total. The number of halogens is 1. The molecule has 2 fully saturated rings. The predicted octanol–water partition coefficient (Wildman–Crippen LogP) is 1.39. The number of ether oxygens (including phenoxy) is 1. The maximum absolute atomic E-state index is 13.7. The maximum Gasteiger partial charge on any atom is 0.326 e. The van der Waals surface area contributed by atoms with Gasteiger partial charge in [0.1, 0.15) is 12.4 Å². The number of amides is 3. The average Bonchev–Trinajstić information content (AvgIpc) is 2.93. The van der Waals surface area contributed by atoms with Crippen molar-refractivity contribution in [3.8, 4) is 0 Å². The molecule has 1 aliphatic carbocycles. The Balaban J connectivity index is 1.52. The van der Waals surface area contributed by atoms with Crippen molar-refractivity contribution >= 4 is 35.1 Å². The zero-order chi connectivity index (χ0) is 21.1. The molecular weight excluding hydrogens is 389 g/mol. The molecule has 0 aromatic heterocycles. The molecule has 2 atom stereocenters. The molecule has 1 aromatic rings. The Morgan fingerprint density at radius 2 is 1.83 bits per heavy atom. The van der Waals surface area contributed by atoms with Crippen LogP contribution in [0.4, 0.5) is 15.8 Å². The lowest BCUT2D eigenvalue weighted by molar-refractivity contribution is -0.384. The standard InChI is InChI=1S/C18H18FN3O7/c19-13-6-5-10(22(27)28)7-14(13)20-15(23)9-29-16(24)8-21-17(25)11-3-1-2-4-12(11)18(21)26/h5-7,11-12H,1-4,8-9H2,(H,20,23)/t11-,12-/m1/s1. The molecule has 1 heterocycles. The highest BCUT2D eigenvalue weighted by molar-refractivity contribution is 6.07. The van der Waals surface area contributed by atoms with E-state index in [1.807, 2.05) is 0 Å². The number of hydrogen-bond acceptors (Lipinski definition) is 7. The third-order valence-electron chi connectivity index (χ3n) is 5.02. The number of likely N-dealkylation sites (tertiary alicyclic amines) is 1. The number of non-ortho nitro benzene ring substituents is 1. The van der Waals surface area contributed by atoms with Gasteiger partial charge in [0.25, 0.3) is 11.6 Å². The Morgan fingerprint density at radius 3 is 2.41 bits per heavy atom. The number of anilines is 1. The number of nitrogens with zero attached hydrogens (tertiary/aromatic N) is 2. The molecule has 1 aliphatic heterocycles. The normalized spacial score (nSPS) is 20.9. The molecule has 1 N–H and O–H groups in total. The van der Waals surface area contributed by atoms with E-state index in [0.717, 1.165) is 35.9 Å². The van der Waals surface area contributed by atoms with Crippen molar-refractivity contribution in [2.75, 3.05) is 18.5 Å². The molecule has 11 heteroatoms. The minimum atomic E-state index is -0.958. The van der Waals surface area contributed by atoms with Gasteiger partial charge in [-0.25, -0.2) is 4.39 Å². The van der Waals surface area contributed by atoms with Crippen LogP contribution in [0.25, 0.3) is 0 Å². The third-order valence-corrected chi connectivity index (χ3v) is 5.02. The molecule has 154 valence electrons. The quantitative estimate of drug-likeness (QED) is 0.326. The molecule has 0 radical (unpaired) electrons. The molecule has 0 spiro atoms. The minimum absolute atomic E-state index is 0.399. The number of fused-ring (bicyclic) bond motifs is 1. The first kappa shape index (κ1) is 20.4. The second-order valence-corrected chi connectivity index (χ2v) is 6.89. The van der Waals surface area contributed by atoms with Gasteiger partial charge in [-0.3, -0.25) is 34.2 Å². The van der Waals surface area contributed by atoms with Crippen LogP contribution in [0.15, 0.2) is 18.2 Å². The van der Waals surface area contributed by atoms with E-state index in [1.54, 1.807) is 0 Å². The molecule has 0 bridgehead atoms. The second-order valence-electron chi connectivity index (χ2n) is 6.89. The Kier molecular flexibility index (Phi) is 5.85. The Labute approximate surface area is 164 Å². The van der Waals surface area contributed by atoms with Gasteiger partial charge in [-0.05, 0) is 18.9 Å². The van der Waals surface area contributed by atoms with E-state index in [0.29, 0.717) is 12.8 Å². The molecule has 3 rings (SSSR count). The summed E-state index contributed by atoms with van der Waals surface area (Å²) in [7, 11) is 0. The van der Waals surface area contributed by atoms with Gasteiger partial charge in [-0.2, -0.15) is 0 Å². The number of nitrogens with one attached hydrogen (secondary N) is 1. The van der Waals surface area contributed by atoms with Gasteiger partial charge in [0.05, 0.1) is 22.4 Å². The minimum Gasteiger partial charge on any atom is -0.454 e. The number of nitro groups is 1. The summed E-state index contributed by atoms with van der Waals surface area (Å²) < 4.78 is 18.4. The first-order valence-electron chi connectivity index (χ1n) is 9.02. The van der Waals surface area contributed by atoms with Gasteiger partial charge in [0.15, 0.2) is 6.61 Å². The van der Waals surface area contributed by atoms with Crippen LogP contribution >= 0.6 is 0 Å². The second kappa shape index (κ2) is 8.33. The number of imide groups is 1. The van der Waals surface area contributed by atoms with Gasteiger partial charge in [-0.15, -0.1) is 0 Å². The Hall–Kier alpha value is -3.37. The van der Waals surface area contributed by atoms with Crippen molar-refractivity contribution in [3.05, 3.63) is 34.1 Å². The van der Waals surface area contributed by atoms with Crippen molar-refractivity contribution in [1.82, 2.24) is 4.90 Å². The number of benzene rings is 1. The van der Waals surface area contributed by atoms with Gasteiger partial charge in [0.2, 0.25) is 11.8 Å². The molecule has 2 aliphatic rings. The third kappa shape index (κ3) is 4.39. The van der Waals surface area contributed by atoms with Gasteiger partial charge >= 0.3 is 5.97 Å². The summed E-state index contributed by atoms with van der Waals surface area (Å²) in [6, 6.07) is 2.59. The summed E-state index contributed by atoms with van der Waals surface area (Å²) in [5, 5.41) is 12.8. The van der Waals surface area contributed by atoms with Crippen molar-refractivity contribution in [2.45, 2.75) is 25.7 Å². The van der Waals surface area contributed by atoms with Gasteiger partial charge < -0.3 is 10.1 Å². The molecule has 0 unspecified atom stereocenters. The van der Waals surface area contributed by atoms with Gasteiger partial charge in [0, 0.05) is 12.1 Å². The highest BCUT2D eigenvalue weighted by Gasteiger charge is 2.48. The van der Waals surface area contributed by atoms with Gasteiger partial charge in [-0.1, -0.05) is 12.8 Å². The van der Waals surface area contributed by atoms with Crippen LogP contribution in [0, 0.1) is 27.8 Å². The zero-order valence-corrected chi connectivity index (χ0v) is 15.3. The van der Waals surface area contributed by atoms with Crippen molar-refractivity contribution in [1.29, 1.82) is 0 Å². The van der Waals surface area contributed by atoms with Crippen LogP contribution in [0.2, 0.25) is 0 Å². The van der Waals surface area contributed by atoms with Crippen molar-refractivity contribution in [2.24, 2.45) is 11.8 Å². The summed E-state index contributed by atoms with van der Waals surface area (Å²) in [6.07, 6.45) is 2.93. The largest absolute Gasteiger partial charge is 0.454 e. The molecule has 1 saturated carbocycles. The average molecular weight is 407 g/mol. The SMILES string of the molecule is O=C(COC(=O)CN1C(=O)[C@@H]2CCCC[C@H]2C1=O)Nc1cc([N+](=O)[O-])ccc1F. The fourth-order valence-corrected chi connectivity index (χ4v) is 3.62. The first-order chi connectivity index (χ1) is 13.8. The van der Waals surface area contributed by atoms with Crippen LogP contribution in [0.3, 0.4) is 0 Å². The Bertz CT molecular complexity index is 864. The van der Waals surface area contributed by atoms with Crippen LogP contribution in [-0.2, 0) is 23.9 Å². The number of carbonyl (C=O) groups is 4. The van der Waals surface area contributed by atoms with Crippen LogP contribution < -0.4 is 5.32 Å². The van der Waals surface area contributed by atoms with E-state index in [4.69, 9.17) is 4.74 Å². The molecular formula is C18H18FN3O7. The fraction of sp³-hybridized carbons (Fsp3) is 0.444. The first-order valence-corrected chi connectivity index (χ1v) is 9.02. The summed E-state index contributed by atoms with van der Waals surface area (Å²) >= 11 is 0. The summed E-state index contributed by atoms with van der Waals surface area (Å²) in [5.74, 6) is -4.38. The zero-order valence-electron chi connectivity index (χ0n) is 15.3. The number of nitro benzene ring substituents is 1. The van der Waals surface area contributed by atoms with Crippen LogP contribution in [-0.4, -0.2) is 46.7 Å². The highest BCUT2D eigenvalue weighted by atomic mass is 19.1. The van der Waals surface area contributed by atoms with E-state index < -0.39 is 70.8 Å². The monoisotopic (exact) mass is 407 g/mol. The van der Waals surface area contributed by atoms with Crippen molar-refractivity contribution < 1.29 is 33.2 Å². The smallest absolute Gasteiger partial charge is 0.326 e.